The van der Waals surface area contributed by atoms with E-state index in [-0.39, 0.29) is 31.3 Å². The SMILES string of the molecule is CC(C)(C)OC(=O)CC[C@@]1(C(=O)NCCc2cccc(Cl)c2)N=C(c2ccc(OCCCO)cc2)O[C@@H]1c1ccc(Br)cc1. The van der Waals surface area contributed by atoms with Crippen LogP contribution in [0.4, 0.5) is 0 Å². The Morgan fingerprint density at radius 1 is 1.09 bits per heavy atom. The number of aliphatic hydroxyl groups is 1. The summed E-state index contributed by atoms with van der Waals surface area (Å²) in [5.74, 6) is 0.148. The molecule has 1 aliphatic heterocycles. The first-order valence-corrected chi connectivity index (χ1v) is 15.8. The van der Waals surface area contributed by atoms with E-state index >= 15 is 0 Å². The highest BCUT2D eigenvalue weighted by Gasteiger charge is 2.53. The number of nitrogens with zero attached hydrogens (tertiary/aromatic N) is 1. The molecule has 3 aromatic carbocycles. The molecule has 4 rings (SSSR count). The van der Waals surface area contributed by atoms with Gasteiger partial charge < -0.3 is 24.6 Å². The van der Waals surface area contributed by atoms with Crippen LogP contribution in [0.2, 0.25) is 5.02 Å². The molecular formula is C34H38BrClN2O6. The highest BCUT2D eigenvalue weighted by molar-refractivity contribution is 9.10. The van der Waals surface area contributed by atoms with E-state index in [1.807, 2.05) is 54.6 Å². The molecular weight excluding hydrogens is 648 g/mol. The minimum Gasteiger partial charge on any atom is -0.494 e. The minimum absolute atomic E-state index is 0.0379. The molecule has 1 aliphatic rings. The summed E-state index contributed by atoms with van der Waals surface area (Å²) in [5, 5.41) is 12.7. The number of ether oxygens (including phenoxy) is 3. The molecule has 0 radical (unpaired) electrons. The zero-order valence-corrected chi connectivity index (χ0v) is 27.5. The number of carbonyl (C=O) groups excluding carboxylic acids is 2. The van der Waals surface area contributed by atoms with Crippen LogP contribution >= 0.6 is 27.5 Å². The maximum absolute atomic E-state index is 14.2. The van der Waals surface area contributed by atoms with Gasteiger partial charge in [0.2, 0.25) is 5.90 Å². The molecule has 3 aromatic rings. The van der Waals surface area contributed by atoms with Crippen LogP contribution in [-0.4, -0.2) is 53.8 Å². The number of hydrogen-bond acceptors (Lipinski definition) is 7. The molecule has 0 saturated heterocycles. The molecule has 234 valence electrons. The lowest BCUT2D eigenvalue weighted by Crippen LogP contribution is -2.49. The summed E-state index contributed by atoms with van der Waals surface area (Å²) in [6.45, 7) is 6.19. The van der Waals surface area contributed by atoms with E-state index < -0.39 is 23.2 Å². The predicted octanol–water partition coefficient (Wildman–Crippen LogP) is 6.60. The summed E-state index contributed by atoms with van der Waals surface area (Å²) >= 11 is 9.64. The molecule has 0 unspecified atom stereocenters. The van der Waals surface area contributed by atoms with Crippen molar-refractivity contribution in [3.63, 3.8) is 0 Å². The molecule has 0 fully saturated rings. The topological polar surface area (TPSA) is 106 Å². The van der Waals surface area contributed by atoms with Crippen LogP contribution in [0.3, 0.4) is 0 Å². The summed E-state index contributed by atoms with van der Waals surface area (Å²) in [4.78, 5) is 32.1. The Morgan fingerprint density at radius 2 is 1.82 bits per heavy atom. The van der Waals surface area contributed by atoms with Crippen molar-refractivity contribution in [1.29, 1.82) is 0 Å². The number of aliphatic hydroxyl groups excluding tert-OH is 1. The molecule has 0 bridgehead atoms. The van der Waals surface area contributed by atoms with Crippen molar-refractivity contribution in [3.8, 4) is 5.75 Å². The maximum Gasteiger partial charge on any atom is 0.306 e. The van der Waals surface area contributed by atoms with Crippen LogP contribution < -0.4 is 10.1 Å². The Hall–Kier alpha value is -3.40. The molecule has 0 saturated carbocycles. The van der Waals surface area contributed by atoms with Crippen molar-refractivity contribution in [2.75, 3.05) is 19.8 Å². The number of aliphatic imine (C=N–C) groups is 1. The number of hydrogen-bond donors (Lipinski definition) is 2. The molecule has 0 aliphatic carbocycles. The molecule has 1 amide bonds. The molecule has 0 spiro atoms. The zero-order chi connectivity index (χ0) is 31.7. The van der Waals surface area contributed by atoms with Crippen molar-refractivity contribution in [3.05, 3.63) is 99.0 Å². The van der Waals surface area contributed by atoms with Gasteiger partial charge in [-0.1, -0.05) is 51.8 Å². The van der Waals surface area contributed by atoms with Crippen LogP contribution in [0.1, 0.15) is 62.8 Å². The molecule has 10 heteroatoms. The highest BCUT2D eigenvalue weighted by atomic mass is 79.9. The van der Waals surface area contributed by atoms with Gasteiger partial charge in [0.15, 0.2) is 11.6 Å². The normalized spacial score (nSPS) is 17.9. The third kappa shape index (κ3) is 9.06. The number of benzene rings is 3. The number of amides is 1. The summed E-state index contributed by atoms with van der Waals surface area (Å²) in [7, 11) is 0. The van der Waals surface area contributed by atoms with Gasteiger partial charge in [-0.25, -0.2) is 4.99 Å². The number of esters is 1. The molecule has 2 N–H and O–H groups in total. The van der Waals surface area contributed by atoms with Crippen molar-refractivity contribution < 1.29 is 28.9 Å². The zero-order valence-electron chi connectivity index (χ0n) is 25.1. The largest absolute Gasteiger partial charge is 0.494 e. The Balaban J connectivity index is 1.68. The van der Waals surface area contributed by atoms with Crippen LogP contribution in [0.5, 0.6) is 5.75 Å². The molecule has 44 heavy (non-hydrogen) atoms. The van der Waals surface area contributed by atoms with Crippen LogP contribution in [0.25, 0.3) is 0 Å². The Labute approximate surface area is 271 Å². The quantitative estimate of drug-likeness (QED) is 0.155. The lowest BCUT2D eigenvalue weighted by Gasteiger charge is -2.31. The van der Waals surface area contributed by atoms with Gasteiger partial charge in [0.1, 0.15) is 11.4 Å². The van der Waals surface area contributed by atoms with E-state index in [1.165, 1.54) is 0 Å². The average molecular weight is 686 g/mol. The summed E-state index contributed by atoms with van der Waals surface area (Å²) in [6.07, 6.45) is 0.312. The third-order valence-electron chi connectivity index (χ3n) is 6.92. The Morgan fingerprint density at radius 3 is 2.48 bits per heavy atom. The van der Waals surface area contributed by atoms with Gasteiger partial charge in [0, 0.05) is 41.1 Å². The van der Waals surface area contributed by atoms with E-state index in [0.717, 1.165) is 15.6 Å². The first kappa shape index (κ1) is 33.5. The van der Waals surface area contributed by atoms with Crippen LogP contribution in [-0.2, 0) is 25.5 Å². The second-order valence-electron chi connectivity index (χ2n) is 11.6. The maximum atomic E-state index is 14.2. The predicted molar refractivity (Wildman–Crippen MR) is 174 cm³/mol. The lowest BCUT2D eigenvalue weighted by molar-refractivity contribution is -0.155. The summed E-state index contributed by atoms with van der Waals surface area (Å²) in [5.41, 5.74) is 0.261. The number of nitrogens with one attached hydrogen (secondary N) is 1. The number of carbonyl (C=O) groups is 2. The van der Waals surface area contributed by atoms with E-state index in [9.17, 15) is 9.59 Å². The molecule has 0 aromatic heterocycles. The van der Waals surface area contributed by atoms with E-state index in [4.69, 9.17) is 35.9 Å². The van der Waals surface area contributed by atoms with Gasteiger partial charge in [0.25, 0.3) is 5.91 Å². The lowest BCUT2D eigenvalue weighted by atomic mass is 9.83. The smallest absolute Gasteiger partial charge is 0.306 e. The summed E-state index contributed by atoms with van der Waals surface area (Å²) in [6, 6.07) is 22.2. The molecule has 8 nitrogen and oxygen atoms in total. The fourth-order valence-corrected chi connectivity index (χ4v) is 5.34. The fourth-order valence-electron chi connectivity index (χ4n) is 4.86. The molecule has 2 atom stereocenters. The van der Waals surface area contributed by atoms with Crippen molar-refractivity contribution in [2.24, 2.45) is 4.99 Å². The van der Waals surface area contributed by atoms with Gasteiger partial charge in [-0.15, -0.1) is 0 Å². The van der Waals surface area contributed by atoms with Gasteiger partial charge in [-0.2, -0.15) is 0 Å². The average Bonchev–Trinajstić information content (AvgIpc) is 3.37. The van der Waals surface area contributed by atoms with E-state index in [2.05, 4.69) is 21.2 Å². The standard InChI is InChI=1S/C34H38BrClN2O6/c1-33(2,3)44-29(40)16-18-34(32(41)37-19-17-23-6-4-7-27(36)22-23)30(24-8-12-26(35)13-9-24)43-31(38-34)25-10-14-28(15-11-25)42-21-5-20-39/h4,6-15,22,30,39H,5,16-21H2,1-3H3,(H,37,41)/t30-,34-/m1/s1. The number of halogens is 2. The second-order valence-corrected chi connectivity index (χ2v) is 12.9. The minimum atomic E-state index is -1.45. The third-order valence-corrected chi connectivity index (χ3v) is 7.68. The van der Waals surface area contributed by atoms with Crippen LogP contribution in [0, 0.1) is 0 Å². The monoisotopic (exact) mass is 684 g/mol. The van der Waals surface area contributed by atoms with E-state index in [0.29, 0.717) is 42.3 Å². The first-order chi connectivity index (χ1) is 21.0. The number of rotatable bonds is 13. The van der Waals surface area contributed by atoms with Gasteiger partial charge in [-0.05, 0) is 93.3 Å². The van der Waals surface area contributed by atoms with Gasteiger partial charge in [0.05, 0.1) is 6.61 Å². The van der Waals surface area contributed by atoms with Crippen LogP contribution in [0.15, 0.2) is 82.3 Å². The van der Waals surface area contributed by atoms with Crippen molar-refractivity contribution in [1.82, 2.24) is 5.32 Å². The second kappa shape index (κ2) is 15.1. The van der Waals surface area contributed by atoms with E-state index in [1.54, 1.807) is 39.0 Å². The van der Waals surface area contributed by atoms with Gasteiger partial charge in [-0.3, -0.25) is 9.59 Å². The van der Waals surface area contributed by atoms with Gasteiger partial charge >= 0.3 is 5.97 Å². The summed E-state index contributed by atoms with van der Waals surface area (Å²) < 4.78 is 18.6. The highest BCUT2D eigenvalue weighted by Crippen LogP contribution is 2.43. The molecule has 1 heterocycles. The fraction of sp³-hybridized carbons (Fsp3) is 0.382. The Kier molecular flexibility index (Phi) is 11.5. The van der Waals surface area contributed by atoms with Crippen molar-refractivity contribution in [2.45, 2.75) is 63.7 Å². The first-order valence-electron chi connectivity index (χ1n) is 14.6. The Bertz CT molecular complexity index is 1460. The van der Waals surface area contributed by atoms with Crippen molar-refractivity contribution >= 4 is 45.3 Å².